The van der Waals surface area contributed by atoms with Crippen molar-refractivity contribution < 1.29 is 9.59 Å². The number of benzene rings is 2. The van der Waals surface area contributed by atoms with Crippen LogP contribution in [-0.4, -0.2) is 26.3 Å². The molecular weight excluding hydrogens is 439 g/mol. The monoisotopic (exact) mass is 454 g/mol. The van der Waals surface area contributed by atoms with Crippen LogP contribution in [0.15, 0.2) is 55.0 Å². The van der Waals surface area contributed by atoms with Gasteiger partial charge in [0.05, 0.1) is 26.7 Å². The second-order valence-electron chi connectivity index (χ2n) is 6.70. The number of hydrogen-bond acceptors (Lipinski definition) is 5. The van der Waals surface area contributed by atoms with Crippen molar-refractivity contribution in [1.29, 1.82) is 0 Å². The van der Waals surface area contributed by atoms with E-state index in [-0.39, 0.29) is 11.6 Å². The van der Waals surface area contributed by atoms with Gasteiger partial charge in [-0.25, -0.2) is 14.8 Å². The molecule has 156 valence electrons. The van der Waals surface area contributed by atoms with Crippen LogP contribution in [0.3, 0.4) is 0 Å². The van der Waals surface area contributed by atoms with Crippen molar-refractivity contribution in [3.05, 3.63) is 76.2 Å². The van der Waals surface area contributed by atoms with Crippen LogP contribution in [-0.2, 0) is 7.05 Å². The molecule has 0 aliphatic heterocycles. The molecular formula is C21H16Cl2N6O2. The second kappa shape index (κ2) is 8.25. The van der Waals surface area contributed by atoms with Crippen LogP contribution in [0, 0.1) is 0 Å². The van der Waals surface area contributed by atoms with Gasteiger partial charge in [0.1, 0.15) is 17.8 Å². The minimum absolute atomic E-state index is 0.222. The molecule has 0 spiro atoms. The number of aryl methyl sites for hydroxylation is 1. The van der Waals surface area contributed by atoms with Crippen LogP contribution in [0.5, 0.6) is 0 Å². The smallest absolute Gasteiger partial charge is 0.323 e. The minimum Gasteiger partial charge on any atom is -0.383 e. The number of carbonyl (C=O) groups is 2. The highest BCUT2D eigenvalue weighted by molar-refractivity contribution is 6.39. The van der Waals surface area contributed by atoms with Crippen molar-refractivity contribution >= 4 is 63.2 Å². The van der Waals surface area contributed by atoms with E-state index in [1.807, 2.05) is 0 Å². The van der Waals surface area contributed by atoms with Crippen LogP contribution in [0.4, 0.5) is 22.0 Å². The van der Waals surface area contributed by atoms with Gasteiger partial charge < -0.3 is 20.9 Å². The first-order valence-corrected chi connectivity index (χ1v) is 9.83. The molecule has 0 saturated carbocycles. The van der Waals surface area contributed by atoms with Crippen molar-refractivity contribution in [2.75, 3.05) is 16.4 Å². The van der Waals surface area contributed by atoms with Crippen LogP contribution in [0.1, 0.15) is 15.9 Å². The summed E-state index contributed by atoms with van der Waals surface area (Å²) in [6, 6.07) is 10.9. The van der Waals surface area contributed by atoms with E-state index in [0.29, 0.717) is 43.6 Å². The topological polar surface area (TPSA) is 115 Å². The van der Waals surface area contributed by atoms with Crippen LogP contribution in [0.25, 0.3) is 11.0 Å². The number of urea groups is 1. The van der Waals surface area contributed by atoms with E-state index in [1.165, 1.54) is 6.33 Å². The van der Waals surface area contributed by atoms with Crippen molar-refractivity contribution in [3.8, 4) is 0 Å². The Morgan fingerprint density at radius 2 is 1.74 bits per heavy atom. The second-order valence-corrected chi connectivity index (χ2v) is 7.51. The Morgan fingerprint density at radius 3 is 2.48 bits per heavy atom. The van der Waals surface area contributed by atoms with E-state index >= 15 is 0 Å². The molecule has 4 rings (SSSR count). The fraction of sp³-hybridized carbons (Fsp3) is 0.0476. The predicted molar refractivity (Wildman–Crippen MR) is 122 cm³/mol. The van der Waals surface area contributed by atoms with Gasteiger partial charge in [-0.15, -0.1) is 0 Å². The Labute approximate surface area is 187 Å². The van der Waals surface area contributed by atoms with Crippen LogP contribution in [0.2, 0.25) is 10.0 Å². The number of nitrogens with one attached hydrogen (secondary N) is 2. The predicted octanol–water partition coefficient (Wildman–Crippen LogP) is 4.73. The van der Waals surface area contributed by atoms with Gasteiger partial charge in [-0.3, -0.25) is 4.79 Å². The van der Waals surface area contributed by atoms with Crippen molar-refractivity contribution in [3.63, 3.8) is 0 Å². The summed E-state index contributed by atoms with van der Waals surface area (Å²) in [7, 11) is 1.77. The third-order valence-electron chi connectivity index (χ3n) is 4.61. The fourth-order valence-electron chi connectivity index (χ4n) is 3.19. The summed E-state index contributed by atoms with van der Waals surface area (Å²) < 4.78 is 1.71. The summed E-state index contributed by atoms with van der Waals surface area (Å²) in [5, 5.41) is 6.38. The highest BCUT2D eigenvalue weighted by Crippen LogP contribution is 2.30. The number of nitrogen functional groups attached to an aromatic ring is 1. The lowest BCUT2D eigenvalue weighted by atomic mass is 10.0. The molecule has 4 aromatic rings. The lowest BCUT2D eigenvalue weighted by Gasteiger charge is -2.11. The number of hydrogen-bond donors (Lipinski definition) is 3. The first kappa shape index (κ1) is 20.6. The molecule has 4 N–H and O–H groups in total. The van der Waals surface area contributed by atoms with Gasteiger partial charge in [-0.05, 0) is 24.3 Å². The van der Waals surface area contributed by atoms with Gasteiger partial charge >= 0.3 is 6.03 Å². The molecule has 0 radical (unpaired) electrons. The number of nitrogens with two attached hydrogens (primary N) is 1. The van der Waals surface area contributed by atoms with Gasteiger partial charge in [0.25, 0.3) is 0 Å². The average molecular weight is 455 g/mol. The van der Waals surface area contributed by atoms with E-state index in [2.05, 4.69) is 20.6 Å². The third-order valence-corrected chi connectivity index (χ3v) is 5.24. The number of carbonyl (C=O) groups excluding carboxylic acids is 2. The molecule has 0 aliphatic rings. The number of amides is 2. The summed E-state index contributed by atoms with van der Waals surface area (Å²) in [5.74, 6) is -0.0514. The molecule has 0 atom stereocenters. The van der Waals surface area contributed by atoms with E-state index in [9.17, 15) is 9.59 Å². The number of anilines is 3. The fourth-order valence-corrected chi connectivity index (χ4v) is 3.69. The van der Waals surface area contributed by atoms with Crippen molar-refractivity contribution in [2.45, 2.75) is 0 Å². The lowest BCUT2D eigenvalue weighted by molar-refractivity contribution is 0.104. The highest BCUT2D eigenvalue weighted by Gasteiger charge is 2.19. The molecule has 2 heterocycles. The number of fused-ring (bicyclic) bond motifs is 1. The summed E-state index contributed by atoms with van der Waals surface area (Å²) in [6.45, 7) is 0. The van der Waals surface area contributed by atoms with Crippen LogP contribution < -0.4 is 16.4 Å². The zero-order valence-electron chi connectivity index (χ0n) is 16.2. The Bertz CT molecular complexity index is 1310. The molecule has 31 heavy (non-hydrogen) atoms. The molecule has 0 saturated heterocycles. The van der Waals surface area contributed by atoms with Crippen molar-refractivity contribution in [1.82, 2.24) is 14.5 Å². The third kappa shape index (κ3) is 4.03. The summed E-state index contributed by atoms with van der Waals surface area (Å²) in [6.07, 6.45) is 3.00. The average Bonchev–Trinajstić information content (AvgIpc) is 3.08. The van der Waals surface area contributed by atoms with Gasteiger partial charge in [-0.1, -0.05) is 41.4 Å². The molecule has 0 bridgehead atoms. The molecule has 0 fully saturated rings. The maximum atomic E-state index is 13.2. The summed E-state index contributed by atoms with van der Waals surface area (Å²) >= 11 is 12.2. The Balaban J connectivity index is 1.59. The first-order chi connectivity index (χ1) is 14.8. The van der Waals surface area contributed by atoms with Crippen LogP contribution >= 0.6 is 23.2 Å². The number of para-hydroxylation sites is 1. The van der Waals surface area contributed by atoms with Gasteiger partial charge in [0.2, 0.25) is 0 Å². The van der Waals surface area contributed by atoms with E-state index in [4.69, 9.17) is 28.9 Å². The zero-order chi connectivity index (χ0) is 22.1. The molecule has 2 aromatic heterocycles. The summed E-state index contributed by atoms with van der Waals surface area (Å²) in [4.78, 5) is 33.7. The largest absolute Gasteiger partial charge is 0.383 e. The lowest BCUT2D eigenvalue weighted by Crippen LogP contribution is -2.20. The Morgan fingerprint density at radius 1 is 1.03 bits per heavy atom. The summed E-state index contributed by atoms with van der Waals surface area (Å²) in [5.41, 5.74) is 7.98. The van der Waals surface area contributed by atoms with E-state index in [1.54, 1.807) is 60.3 Å². The quantitative estimate of drug-likeness (QED) is 0.385. The minimum atomic E-state index is -0.553. The molecule has 10 heteroatoms. The molecule has 2 amide bonds. The Kier molecular flexibility index (Phi) is 5.50. The maximum Gasteiger partial charge on any atom is 0.323 e. The molecule has 8 nitrogen and oxygen atoms in total. The number of ketones is 1. The zero-order valence-corrected chi connectivity index (χ0v) is 17.7. The molecule has 0 unspecified atom stereocenters. The van der Waals surface area contributed by atoms with E-state index in [0.717, 1.165) is 0 Å². The highest BCUT2D eigenvalue weighted by atomic mass is 35.5. The number of halogens is 2. The first-order valence-electron chi connectivity index (χ1n) is 9.07. The van der Waals surface area contributed by atoms with E-state index < -0.39 is 6.03 Å². The molecule has 0 aliphatic carbocycles. The number of aromatic nitrogens is 3. The number of rotatable bonds is 4. The SMILES string of the molecule is Cn1cc(C(=O)c2cccc(NC(=O)Nc3c(Cl)cccc3Cl)c2)c2c(N)ncnc21. The van der Waals surface area contributed by atoms with Gasteiger partial charge in [0.15, 0.2) is 5.78 Å². The maximum absolute atomic E-state index is 13.2. The van der Waals surface area contributed by atoms with Gasteiger partial charge in [-0.2, -0.15) is 0 Å². The van der Waals surface area contributed by atoms with Crippen molar-refractivity contribution in [2.24, 2.45) is 7.05 Å². The molecule has 2 aromatic carbocycles. The van der Waals surface area contributed by atoms with Gasteiger partial charge in [0, 0.05) is 24.5 Å². The standard InChI is InChI=1S/C21H16Cl2N6O2/c1-29-9-13(16-19(24)25-10-26-20(16)29)18(30)11-4-2-5-12(8-11)27-21(31)28-17-14(22)6-3-7-15(17)23/h2-10H,1H3,(H2,24,25,26)(H2,27,28,31). The Hall–Kier alpha value is -3.62. The number of nitrogens with zero attached hydrogens (tertiary/aromatic N) is 3. The normalized spacial score (nSPS) is 10.8.